The fraction of sp³-hybridized carbons (Fsp3) is 0.429. The molecule has 6 heteroatoms. The number of hydrogen-bond donors (Lipinski definition) is 2. The zero-order valence-electron chi connectivity index (χ0n) is 12.1. The van der Waals surface area contributed by atoms with Gasteiger partial charge >= 0.3 is 0 Å². The van der Waals surface area contributed by atoms with Crippen LogP contribution in [0.15, 0.2) is 18.2 Å². The average molecular weight is 300 g/mol. The summed E-state index contributed by atoms with van der Waals surface area (Å²) < 4.78 is 0. The van der Waals surface area contributed by atoms with Gasteiger partial charge in [0.15, 0.2) is 0 Å². The maximum atomic E-state index is 12.4. The molecular formula is C14H22ClN3O2. The van der Waals surface area contributed by atoms with E-state index in [-0.39, 0.29) is 30.8 Å². The van der Waals surface area contributed by atoms with Gasteiger partial charge in [-0.05, 0) is 38.5 Å². The van der Waals surface area contributed by atoms with Gasteiger partial charge in [0.1, 0.15) is 0 Å². The number of nitrogens with zero attached hydrogens (tertiary/aromatic N) is 1. The third kappa shape index (κ3) is 4.74. The minimum absolute atomic E-state index is 0. The molecule has 0 unspecified atom stereocenters. The number of nitrogens with two attached hydrogens (primary N) is 1. The molecule has 0 radical (unpaired) electrons. The van der Waals surface area contributed by atoms with Gasteiger partial charge in [0.05, 0.1) is 6.54 Å². The Labute approximate surface area is 125 Å². The molecule has 0 saturated heterocycles. The molecule has 0 bridgehead atoms. The SMILES string of the molecule is CCNC(=O)CN(CC)C(=O)c1cc(N)ccc1C.Cl. The van der Waals surface area contributed by atoms with Crippen molar-refractivity contribution in [1.29, 1.82) is 0 Å². The van der Waals surface area contributed by atoms with Crippen molar-refractivity contribution in [3.63, 3.8) is 0 Å². The molecule has 0 saturated carbocycles. The molecule has 0 aromatic heterocycles. The lowest BCUT2D eigenvalue weighted by molar-refractivity contribution is -0.121. The van der Waals surface area contributed by atoms with Crippen LogP contribution in [0.5, 0.6) is 0 Å². The quantitative estimate of drug-likeness (QED) is 0.811. The molecule has 20 heavy (non-hydrogen) atoms. The maximum Gasteiger partial charge on any atom is 0.254 e. The Morgan fingerprint density at radius 2 is 1.95 bits per heavy atom. The molecule has 3 N–H and O–H groups in total. The van der Waals surface area contributed by atoms with E-state index in [1.54, 1.807) is 12.1 Å². The predicted molar refractivity (Wildman–Crippen MR) is 83.1 cm³/mol. The standard InChI is InChI=1S/C14H21N3O2.ClH/c1-4-16-13(18)9-17(5-2)14(19)12-8-11(15)7-6-10(12)3;/h6-8H,4-5,9,15H2,1-3H3,(H,16,18);1H. The smallest absolute Gasteiger partial charge is 0.254 e. The zero-order chi connectivity index (χ0) is 14.4. The summed E-state index contributed by atoms with van der Waals surface area (Å²) in [6.07, 6.45) is 0. The van der Waals surface area contributed by atoms with E-state index in [1.165, 1.54) is 4.90 Å². The summed E-state index contributed by atoms with van der Waals surface area (Å²) in [4.78, 5) is 25.5. The number of nitrogens with one attached hydrogen (secondary N) is 1. The Kier molecular flexibility index (Phi) is 7.69. The number of rotatable bonds is 5. The summed E-state index contributed by atoms with van der Waals surface area (Å²) >= 11 is 0. The van der Waals surface area contributed by atoms with Gasteiger partial charge in [-0.25, -0.2) is 0 Å². The number of anilines is 1. The van der Waals surface area contributed by atoms with Crippen molar-refractivity contribution in [3.8, 4) is 0 Å². The van der Waals surface area contributed by atoms with Gasteiger partial charge in [-0.1, -0.05) is 6.07 Å². The van der Waals surface area contributed by atoms with Gasteiger partial charge in [0.2, 0.25) is 5.91 Å². The topological polar surface area (TPSA) is 75.4 Å². The van der Waals surface area contributed by atoms with Crippen LogP contribution in [-0.2, 0) is 4.79 Å². The van der Waals surface area contributed by atoms with E-state index in [0.717, 1.165) is 5.56 Å². The minimum atomic E-state index is -0.168. The van der Waals surface area contributed by atoms with Gasteiger partial charge < -0.3 is 16.0 Å². The largest absolute Gasteiger partial charge is 0.399 e. The van der Waals surface area contributed by atoms with Crippen LogP contribution in [0.25, 0.3) is 0 Å². The first kappa shape index (κ1) is 18.2. The number of benzene rings is 1. The second-order valence-electron chi connectivity index (χ2n) is 4.35. The molecule has 0 heterocycles. The second-order valence-corrected chi connectivity index (χ2v) is 4.35. The minimum Gasteiger partial charge on any atom is -0.399 e. The van der Waals surface area contributed by atoms with E-state index >= 15 is 0 Å². The number of halogens is 1. The highest BCUT2D eigenvalue weighted by Crippen LogP contribution is 2.15. The fourth-order valence-electron chi connectivity index (χ4n) is 1.79. The van der Waals surface area contributed by atoms with Gasteiger partial charge in [-0.3, -0.25) is 9.59 Å². The number of likely N-dealkylation sites (N-methyl/N-ethyl adjacent to an activating group) is 2. The van der Waals surface area contributed by atoms with E-state index in [4.69, 9.17) is 5.73 Å². The molecule has 0 aliphatic carbocycles. The van der Waals surface area contributed by atoms with Crippen molar-refractivity contribution < 1.29 is 9.59 Å². The van der Waals surface area contributed by atoms with Crippen molar-refractivity contribution >= 4 is 29.9 Å². The Hall–Kier alpha value is -1.75. The van der Waals surface area contributed by atoms with Gasteiger partial charge in [-0.15, -0.1) is 12.4 Å². The molecule has 1 rings (SSSR count). The number of hydrogen-bond acceptors (Lipinski definition) is 3. The highest BCUT2D eigenvalue weighted by molar-refractivity contribution is 5.98. The monoisotopic (exact) mass is 299 g/mol. The van der Waals surface area contributed by atoms with Crippen molar-refractivity contribution in [2.45, 2.75) is 20.8 Å². The molecule has 112 valence electrons. The molecule has 1 aromatic rings. The molecule has 0 aliphatic heterocycles. The first-order valence-electron chi connectivity index (χ1n) is 6.41. The number of carbonyl (C=O) groups is 2. The van der Waals surface area contributed by atoms with Crippen molar-refractivity contribution in [2.24, 2.45) is 0 Å². The van der Waals surface area contributed by atoms with Crippen LogP contribution in [0.2, 0.25) is 0 Å². The lowest BCUT2D eigenvalue weighted by atomic mass is 10.1. The van der Waals surface area contributed by atoms with E-state index in [1.807, 2.05) is 26.8 Å². The number of amides is 2. The van der Waals surface area contributed by atoms with Crippen LogP contribution < -0.4 is 11.1 Å². The van der Waals surface area contributed by atoms with Crippen molar-refractivity contribution in [1.82, 2.24) is 10.2 Å². The van der Waals surface area contributed by atoms with E-state index in [0.29, 0.717) is 24.3 Å². The fourth-order valence-corrected chi connectivity index (χ4v) is 1.79. The van der Waals surface area contributed by atoms with E-state index in [2.05, 4.69) is 5.32 Å². The molecule has 0 fully saturated rings. The normalized spacial score (nSPS) is 9.55. The lowest BCUT2D eigenvalue weighted by Gasteiger charge is -2.21. The van der Waals surface area contributed by atoms with Crippen LogP contribution in [-0.4, -0.2) is 36.3 Å². The summed E-state index contributed by atoms with van der Waals surface area (Å²) in [5.41, 5.74) is 7.65. The number of carbonyl (C=O) groups excluding carboxylic acids is 2. The summed E-state index contributed by atoms with van der Waals surface area (Å²) in [6, 6.07) is 5.22. The first-order valence-corrected chi connectivity index (χ1v) is 6.41. The van der Waals surface area contributed by atoms with Crippen molar-refractivity contribution in [3.05, 3.63) is 29.3 Å². The summed E-state index contributed by atoms with van der Waals surface area (Å²) in [5.74, 6) is -0.321. The van der Waals surface area contributed by atoms with Crippen LogP contribution in [0.4, 0.5) is 5.69 Å². The number of nitrogen functional groups attached to an aromatic ring is 1. The van der Waals surface area contributed by atoms with E-state index in [9.17, 15) is 9.59 Å². The predicted octanol–water partition coefficient (Wildman–Crippen LogP) is 1.60. The van der Waals surface area contributed by atoms with Crippen LogP contribution in [0.3, 0.4) is 0 Å². The summed E-state index contributed by atoms with van der Waals surface area (Å²) in [5, 5.41) is 2.69. The Bertz CT molecular complexity index is 477. The molecular weight excluding hydrogens is 278 g/mol. The maximum absolute atomic E-state index is 12.4. The van der Waals surface area contributed by atoms with Gasteiger partial charge in [0.25, 0.3) is 5.91 Å². The summed E-state index contributed by atoms with van der Waals surface area (Å²) in [7, 11) is 0. The third-order valence-electron chi connectivity index (χ3n) is 2.87. The van der Waals surface area contributed by atoms with Crippen LogP contribution in [0, 0.1) is 6.92 Å². The summed E-state index contributed by atoms with van der Waals surface area (Å²) in [6.45, 7) is 6.65. The average Bonchev–Trinajstić information content (AvgIpc) is 2.38. The number of aryl methyl sites for hydroxylation is 1. The van der Waals surface area contributed by atoms with Crippen LogP contribution in [0.1, 0.15) is 29.8 Å². The van der Waals surface area contributed by atoms with Crippen molar-refractivity contribution in [2.75, 3.05) is 25.4 Å². The van der Waals surface area contributed by atoms with Crippen LogP contribution >= 0.6 is 12.4 Å². The third-order valence-corrected chi connectivity index (χ3v) is 2.87. The second kappa shape index (κ2) is 8.43. The first-order chi connectivity index (χ1) is 8.99. The van der Waals surface area contributed by atoms with E-state index < -0.39 is 0 Å². The Morgan fingerprint density at radius 3 is 2.50 bits per heavy atom. The van der Waals surface area contributed by atoms with Gasteiger partial charge in [-0.2, -0.15) is 0 Å². The zero-order valence-corrected chi connectivity index (χ0v) is 12.9. The lowest BCUT2D eigenvalue weighted by Crippen LogP contribution is -2.40. The van der Waals surface area contributed by atoms with Gasteiger partial charge in [0, 0.05) is 24.3 Å². The molecule has 5 nitrogen and oxygen atoms in total. The molecule has 0 spiro atoms. The molecule has 0 atom stereocenters. The highest BCUT2D eigenvalue weighted by atomic mass is 35.5. The molecule has 2 amide bonds. The highest BCUT2D eigenvalue weighted by Gasteiger charge is 2.18. The molecule has 0 aliphatic rings. The Balaban J connectivity index is 0.00000361. The Morgan fingerprint density at radius 1 is 1.30 bits per heavy atom. The molecule has 1 aromatic carbocycles.